The second-order valence-corrected chi connectivity index (χ2v) is 7.20. The first-order chi connectivity index (χ1) is 9.62. The summed E-state index contributed by atoms with van der Waals surface area (Å²) in [7, 11) is 0. The van der Waals surface area contributed by atoms with Crippen LogP contribution >= 0.6 is 0 Å². The monoisotopic (exact) mass is 282 g/mol. The first-order valence-electron chi connectivity index (χ1n) is 8.74. The SMILES string of the molecule is CCCNC1CCCCCCC1N1CCOC(C)(C)C1. The van der Waals surface area contributed by atoms with E-state index < -0.39 is 0 Å². The predicted molar refractivity (Wildman–Crippen MR) is 85.2 cm³/mol. The molecule has 3 nitrogen and oxygen atoms in total. The molecule has 1 N–H and O–H groups in total. The van der Waals surface area contributed by atoms with E-state index in [-0.39, 0.29) is 5.60 Å². The molecular formula is C17H34N2O. The van der Waals surface area contributed by atoms with Crippen molar-refractivity contribution in [3.8, 4) is 0 Å². The zero-order valence-electron chi connectivity index (χ0n) is 13.8. The van der Waals surface area contributed by atoms with Crippen LogP contribution in [0, 0.1) is 0 Å². The second kappa shape index (κ2) is 7.77. The Labute approximate surface area is 125 Å². The van der Waals surface area contributed by atoms with Crippen LogP contribution in [-0.4, -0.2) is 48.8 Å². The van der Waals surface area contributed by atoms with Gasteiger partial charge in [-0.1, -0.05) is 32.6 Å². The Morgan fingerprint density at radius 1 is 1.15 bits per heavy atom. The van der Waals surface area contributed by atoms with Gasteiger partial charge >= 0.3 is 0 Å². The Morgan fingerprint density at radius 2 is 1.90 bits per heavy atom. The summed E-state index contributed by atoms with van der Waals surface area (Å²) in [5, 5.41) is 3.83. The van der Waals surface area contributed by atoms with Gasteiger partial charge < -0.3 is 10.1 Å². The summed E-state index contributed by atoms with van der Waals surface area (Å²) in [4.78, 5) is 2.71. The van der Waals surface area contributed by atoms with Crippen LogP contribution in [-0.2, 0) is 4.74 Å². The van der Waals surface area contributed by atoms with Crippen molar-refractivity contribution in [2.75, 3.05) is 26.2 Å². The summed E-state index contributed by atoms with van der Waals surface area (Å²) in [6.07, 6.45) is 9.58. The maximum Gasteiger partial charge on any atom is 0.0753 e. The van der Waals surface area contributed by atoms with Crippen LogP contribution in [0.4, 0.5) is 0 Å². The molecule has 118 valence electrons. The van der Waals surface area contributed by atoms with Gasteiger partial charge in [-0.2, -0.15) is 0 Å². The molecule has 2 atom stereocenters. The molecule has 2 unspecified atom stereocenters. The average Bonchev–Trinajstić information content (AvgIpc) is 2.36. The topological polar surface area (TPSA) is 24.5 Å². The number of morpholine rings is 1. The molecule has 2 fully saturated rings. The maximum atomic E-state index is 5.90. The van der Waals surface area contributed by atoms with Crippen LogP contribution in [0.2, 0.25) is 0 Å². The highest BCUT2D eigenvalue weighted by Crippen LogP contribution is 2.26. The molecule has 1 saturated heterocycles. The van der Waals surface area contributed by atoms with Crippen molar-refractivity contribution in [2.45, 2.75) is 83.4 Å². The summed E-state index contributed by atoms with van der Waals surface area (Å²) >= 11 is 0. The number of ether oxygens (including phenoxy) is 1. The Bertz CT molecular complexity index is 278. The predicted octanol–water partition coefficient (Wildman–Crippen LogP) is 3.19. The lowest BCUT2D eigenvalue weighted by atomic mass is 9.90. The number of hydrogen-bond donors (Lipinski definition) is 1. The minimum atomic E-state index is 0.0237. The molecule has 20 heavy (non-hydrogen) atoms. The molecule has 1 aliphatic carbocycles. The van der Waals surface area contributed by atoms with Crippen LogP contribution in [0.25, 0.3) is 0 Å². The van der Waals surface area contributed by atoms with E-state index >= 15 is 0 Å². The Hall–Kier alpha value is -0.120. The van der Waals surface area contributed by atoms with Crippen molar-refractivity contribution in [1.29, 1.82) is 0 Å². The van der Waals surface area contributed by atoms with Gasteiger partial charge in [0.2, 0.25) is 0 Å². The van der Waals surface area contributed by atoms with E-state index in [0.29, 0.717) is 12.1 Å². The summed E-state index contributed by atoms with van der Waals surface area (Å²) in [5.74, 6) is 0. The standard InChI is InChI=1S/C17H34N2O/c1-4-11-18-15-9-7-5-6-8-10-16(15)19-12-13-20-17(2,3)14-19/h15-16,18H,4-14H2,1-3H3. The fourth-order valence-corrected chi connectivity index (χ4v) is 3.81. The van der Waals surface area contributed by atoms with Crippen molar-refractivity contribution in [2.24, 2.45) is 0 Å². The van der Waals surface area contributed by atoms with Crippen molar-refractivity contribution >= 4 is 0 Å². The van der Waals surface area contributed by atoms with E-state index in [2.05, 4.69) is 31.0 Å². The van der Waals surface area contributed by atoms with Gasteiger partial charge in [0, 0.05) is 25.2 Å². The third-order valence-corrected chi connectivity index (χ3v) is 4.81. The highest BCUT2D eigenvalue weighted by Gasteiger charge is 2.34. The summed E-state index contributed by atoms with van der Waals surface area (Å²) in [6.45, 7) is 11.0. The Balaban J connectivity index is 2.01. The largest absolute Gasteiger partial charge is 0.373 e. The minimum absolute atomic E-state index is 0.0237. The summed E-state index contributed by atoms with van der Waals surface area (Å²) in [6, 6.07) is 1.40. The van der Waals surface area contributed by atoms with Crippen molar-refractivity contribution < 1.29 is 4.74 Å². The van der Waals surface area contributed by atoms with Crippen LogP contribution in [0.1, 0.15) is 65.7 Å². The summed E-state index contributed by atoms with van der Waals surface area (Å²) in [5.41, 5.74) is 0.0237. The number of nitrogens with zero attached hydrogens (tertiary/aromatic N) is 1. The van der Waals surface area contributed by atoms with E-state index in [4.69, 9.17) is 4.74 Å². The van der Waals surface area contributed by atoms with Gasteiger partial charge in [-0.3, -0.25) is 4.90 Å². The van der Waals surface area contributed by atoms with E-state index in [1.165, 1.54) is 44.9 Å². The Morgan fingerprint density at radius 3 is 2.60 bits per heavy atom. The number of hydrogen-bond acceptors (Lipinski definition) is 3. The highest BCUT2D eigenvalue weighted by atomic mass is 16.5. The molecule has 0 bridgehead atoms. The van der Waals surface area contributed by atoms with Crippen LogP contribution in [0.5, 0.6) is 0 Å². The maximum absolute atomic E-state index is 5.90. The normalized spacial score (nSPS) is 32.5. The van der Waals surface area contributed by atoms with Crippen molar-refractivity contribution in [3.63, 3.8) is 0 Å². The zero-order chi connectivity index (χ0) is 14.4. The molecule has 1 aliphatic heterocycles. The van der Waals surface area contributed by atoms with E-state index in [1.807, 2.05) is 0 Å². The third-order valence-electron chi connectivity index (χ3n) is 4.81. The molecule has 0 spiro atoms. The molecule has 0 amide bonds. The molecule has 0 aromatic heterocycles. The molecule has 0 aromatic carbocycles. The van der Waals surface area contributed by atoms with Gasteiger partial charge in [0.25, 0.3) is 0 Å². The lowest BCUT2D eigenvalue weighted by Crippen LogP contribution is -2.58. The van der Waals surface area contributed by atoms with Crippen molar-refractivity contribution in [1.82, 2.24) is 10.2 Å². The molecule has 2 aliphatic rings. The van der Waals surface area contributed by atoms with Crippen molar-refractivity contribution in [3.05, 3.63) is 0 Å². The lowest BCUT2D eigenvalue weighted by molar-refractivity contribution is -0.102. The fourth-order valence-electron chi connectivity index (χ4n) is 3.81. The molecule has 1 heterocycles. The zero-order valence-corrected chi connectivity index (χ0v) is 13.8. The highest BCUT2D eigenvalue weighted by molar-refractivity contribution is 4.90. The first-order valence-corrected chi connectivity index (χ1v) is 8.74. The van der Waals surface area contributed by atoms with Gasteiger partial charge in [0.1, 0.15) is 0 Å². The minimum Gasteiger partial charge on any atom is -0.373 e. The van der Waals surface area contributed by atoms with Crippen LogP contribution in [0.15, 0.2) is 0 Å². The summed E-state index contributed by atoms with van der Waals surface area (Å²) < 4.78 is 5.90. The van der Waals surface area contributed by atoms with E-state index in [9.17, 15) is 0 Å². The fraction of sp³-hybridized carbons (Fsp3) is 1.00. The average molecular weight is 282 g/mol. The lowest BCUT2D eigenvalue weighted by Gasteiger charge is -2.45. The smallest absolute Gasteiger partial charge is 0.0753 e. The molecule has 0 radical (unpaired) electrons. The van der Waals surface area contributed by atoms with Crippen LogP contribution in [0.3, 0.4) is 0 Å². The van der Waals surface area contributed by atoms with Gasteiger partial charge in [-0.25, -0.2) is 0 Å². The third kappa shape index (κ3) is 4.71. The van der Waals surface area contributed by atoms with E-state index in [1.54, 1.807) is 0 Å². The second-order valence-electron chi connectivity index (χ2n) is 7.20. The molecule has 3 heteroatoms. The van der Waals surface area contributed by atoms with Gasteiger partial charge in [-0.05, 0) is 39.7 Å². The van der Waals surface area contributed by atoms with Gasteiger partial charge in [0.15, 0.2) is 0 Å². The van der Waals surface area contributed by atoms with Crippen LogP contribution < -0.4 is 5.32 Å². The van der Waals surface area contributed by atoms with E-state index in [0.717, 1.165) is 26.2 Å². The van der Waals surface area contributed by atoms with Gasteiger partial charge in [-0.15, -0.1) is 0 Å². The number of nitrogens with one attached hydrogen (secondary N) is 1. The first kappa shape index (κ1) is 16.3. The quantitative estimate of drug-likeness (QED) is 0.857. The molecule has 1 saturated carbocycles. The molecule has 2 rings (SSSR count). The molecular weight excluding hydrogens is 248 g/mol. The molecule has 0 aromatic rings. The van der Waals surface area contributed by atoms with Gasteiger partial charge in [0.05, 0.1) is 12.2 Å². The Kier molecular flexibility index (Phi) is 6.31. The number of rotatable bonds is 4.